The maximum absolute atomic E-state index is 12.3. The predicted octanol–water partition coefficient (Wildman–Crippen LogP) is 2.09. The molecular weight excluding hydrogens is 378 g/mol. The van der Waals surface area contributed by atoms with Gasteiger partial charge in [0.05, 0.1) is 17.6 Å². The van der Waals surface area contributed by atoms with Gasteiger partial charge in [-0.1, -0.05) is 24.3 Å². The van der Waals surface area contributed by atoms with Gasteiger partial charge in [-0.25, -0.2) is 8.42 Å². The second kappa shape index (κ2) is 8.62. The van der Waals surface area contributed by atoms with Crippen LogP contribution in [0.2, 0.25) is 0 Å². The van der Waals surface area contributed by atoms with E-state index in [2.05, 4.69) is 10.2 Å². The molecule has 0 atom stereocenters. The first kappa shape index (κ1) is 20.2. The maximum Gasteiger partial charge on any atom is 0.262 e. The summed E-state index contributed by atoms with van der Waals surface area (Å²) in [6.45, 7) is 3.88. The minimum absolute atomic E-state index is 0.0837. The van der Waals surface area contributed by atoms with E-state index in [1.54, 1.807) is 0 Å². The highest BCUT2D eigenvalue weighted by molar-refractivity contribution is 7.88. The van der Waals surface area contributed by atoms with Crippen molar-refractivity contribution in [1.29, 1.82) is 0 Å². The van der Waals surface area contributed by atoms with Gasteiger partial charge in [-0.05, 0) is 36.8 Å². The third-order valence-corrected chi connectivity index (χ3v) is 5.89. The van der Waals surface area contributed by atoms with Gasteiger partial charge >= 0.3 is 0 Å². The molecule has 0 spiro atoms. The molecule has 150 valence electrons. The van der Waals surface area contributed by atoms with Gasteiger partial charge in [0, 0.05) is 26.2 Å². The molecule has 1 heterocycles. The molecular formula is C20H25N3O4S. The van der Waals surface area contributed by atoms with Gasteiger partial charge in [0.15, 0.2) is 6.61 Å². The predicted molar refractivity (Wildman–Crippen MR) is 110 cm³/mol. The van der Waals surface area contributed by atoms with Crippen molar-refractivity contribution >= 4 is 27.3 Å². The second-order valence-electron chi connectivity index (χ2n) is 6.82. The highest BCUT2D eigenvalue weighted by atomic mass is 32.2. The lowest BCUT2D eigenvalue weighted by molar-refractivity contribution is -0.118. The summed E-state index contributed by atoms with van der Waals surface area (Å²) in [6, 6.07) is 15.1. The summed E-state index contributed by atoms with van der Waals surface area (Å²) in [4.78, 5) is 14.4. The molecule has 7 nitrogen and oxygen atoms in total. The van der Waals surface area contributed by atoms with Crippen molar-refractivity contribution in [3.05, 3.63) is 54.1 Å². The average molecular weight is 404 g/mol. The topological polar surface area (TPSA) is 79.0 Å². The molecule has 0 bridgehead atoms. The van der Waals surface area contributed by atoms with Crippen molar-refractivity contribution in [2.75, 3.05) is 49.3 Å². The van der Waals surface area contributed by atoms with Gasteiger partial charge in [-0.15, -0.1) is 0 Å². The number of hydrogen-bond donors (Lipinski definition) is 1. The van der Waals surface area contributed by atoms with Crippen LogP contribution in [0.4, 0.5) is 11.4 Å². The van der Waals surface area contributed by atoms with Crippen molar-refractivity contribution in [2.24, 2.45) is 0 Å². The molecule has 8 heteroatoms. The van der Waals surface area contributed by atoms with Crippen LogP contribution in [-0.4, -0.2) is 57.7 Å². The molecule has 0 aliphatic carbocycles. The van der Waals surface area contributed by atoms with Crippen LogP contribution >= 0.6 is 0 Å². The number of carbonyl (C=O) groups excluding carboxylic acids is 1. The minimum atomic E-state index is -3.18. The summed E-state index contributed by atoms with van der Waals surface area (Å²) in [5, 5.41) is 2.90. The summed E-state index contributed by atoms with van der Waals surface area (Å²) in [5.74, 6) is 0.407. The molecule has 1 aliphatic heterocycles. The number of piperazine rings is 1. The molecule has 0 radical (unpaired) electrons. The normalized spacial score (nSPS) is 15.3. The minimum Gasteiger partial charge on any atom is -0.484 e. The number of benzene rings is 2. The van der Waals surface area contributed by atoms with E-state index in [-0.39, 0.29) is 12.5 Å². The fourth-order valence-electron chi connectivity index (χ4n) is 3.16. The first-order chi connectivity index (χ1) is 13.3. The molecule has 2 aromatic carbocycles. The lowest BCUT2D eigenvalue weighted by Gasteiger charge is -2.35. The van der Waals surface area contributed by atoms with E-state index in [9.17, 15) is 13.2 Å². The van der Waals surface area contributed by atoms with E-state index in [1.165, 1.54) is 10.6 Å². The molecule has 1 amide bonds. The van der Waals surface area contributed by atoms with Gasteiger partial charge in [0.25, 0.3) is 5.91 Å². The summed E-state index contributed by atoms with van der Waals surface area (Å²) >= 11 is 0. The summed E-state index contributed by atoms with van der Waals surface area (Å²) in [6.07, 6.45) is 1.23. The van der Waals surface area contributed by atoms with Gasteiger partial charge in [0.1, 0.15) is 5.75 Å². The van der Waals surface area contributed by atoms with Crippen molar-refractivity contribution in [2.45, 2.75) is 6.92 Å². The first-order valence-electron chi connectivity index (χ1n) is 9.11. The van der Waals surface area contributed by atoms with Crippen LogP contribution < -0.4 is 15.0 Å². The lowest BCUT2D eigenvalue weighted by Crippen LogP contribution is -2.48. The van der Waals surface area contributed by atoms with E-state index in [1.807, 2.05) is 55.5 Å². The number of rotatable bonds is 6. The smallest absolute Gasteiger partial charge is 0.262 e. The Balaban J connectivity index is 1.62. The third-order valence-electron chi connectivity index (χ3n) is 4.59. The maximum atomic E-state index is 12.3. The molecule has 3 rings (SSSR count). The zero-order valence-corrected chi connectivity index (χ0v) is 16.9. The molecule has 2 aromatic rings. The summed E-state index contributed by atoms with van der Waals surface area (Å²) in [7, 11) is -3.18. The van der Waals surface area contributed by atoms with E-state index in [0.29, 0.717) is 37.6 Å². The van der Waals surface area contributed by atoms with Crippen LogP contribution in [0.15, 0.2) is 48.5 Å². The molecule has 0 unspecified atom stereocenters. The Bertz CT molecular complexity index is 938. The average Bonchev–Trinajstić information content (AvgIpc) is 2.66. The number of sulfonamides is 1. The Morgan fingerprint density at radius 3 is 2.46 bits per heavy atom. The summed E-state index contributed by atoms with van der Waals surface area (Å²) < 4.78 is 30.4. The number of amides is 1. The zero-order chi connectivity index (χ0) is 20.1. The first-order valence-corrected chi connectivity index (χ1v) is 11.0. The zero-order valence-electron chi connectivity index (χ0n) is 16.1. The number of anilines is 2. The number of nitrogens with zero attached hydrogens (tertiary/aromatic N) is 2. The SMILES string of the molecule is Cc1cccc(OCC(=O)Nc2ccccc2N2CCN(S(C)(=O)=O)CC2)c1. The van der Waals surface area contributed by atoms with Crippen LogP contribution in [0.25, 0.3) is 0 Å². The second-order valence-corrected chi connectivity index (χ2v) is 8.80. The Morgan fingerprint density at radius 1 is 1.07 bits per heavy atom. The Kier molecular flexibility index (Phi) is 6.21. The number of nitrogens with one attached hydrogen (secondary N) is 1. The van der Waals surface area contributed by atoms with Gasteiger partial charge < -0.3 is 15.0 Å². The van der Waals surface area contributed by atoms with Crippen LogP contribution in [0.5, 0.6) is 5.75 Å². The highest BCUT2D eigenvalue weighted by Gasteiger charge is 2.24. The number of para-hydroxylation sites is 2. The molecule has 1 fully saturated rings. The Hall–Kier alpha value is -2.58. The van der Waals surface area contributed by atoms with Crippen LogP contribution in [-0.2, 0) is 14.8 Å². The van der Waals surface area contributed by atoms with Gasteiger partial charge in [-0.3, -0.25) is 4.79 Å². The van der Waals surface area contributed by atoms with E-state index in [4.69, 9.17) is 4.74 Å². The molecule has 1 aliphatic rings. The standard InChI is InChI=1S/C20H25N3O4S/c1-16-6-5-7-17(14-16)27-15-20(24)21-18-8-3-4-9-19(18)22-10-12-23(13-11-22)28(2,25)26/h3-9,14H,10-13,15H2,1-2H3,(H,21,24). The quantitative estimate of drug-likeness (QED) is 0.799. The van der Waals surface area contributed by atoms with Crippen LogP contribution in [0.1, 0.15) is 5.56 Å². The van der Waals surface area contributed by atoms with Crippen LogP contribution in [0.3, 0.4) is 0 Å². The summed E-state index contributed by atoms with van der Waals surface area (Å²) in [5.41, 5.74) is 2.63. The molecule has 0 saturated carbocycles. The van der Waals surface area contributed by atoms with Gasteiger partial charge in [-0.2, -0.15) is 4.31 Å². The van der Waals surface area contributed by atoms with Crippen molar-refractivity contribution in [3.8, 4) is 5.75 Å². The van der Waals surface area contributed by atoms with Crippen molar-refractivity contribution in [1.82, 2.24) is 4.31 Å². The fraction of sp³-hybridized carbons (Fsp3) is 0.350. The molecule has 28 heavy (non-hydrogen) atoms. The third kappa shape index (κ3) is 5.24. The fourth-order valence-corrected chi connectivity index (χ4v) is 3.98. The number of ether oxygens (including phenoxy) is 1. The van der Waals surface area contributed by atoms with Crippen LogP contribution in [0, 0.1) is 6.92 Å². The van der Waals surface area contributed by atoms with E-state index in [0.717, 1.165) is 11.3 Å². The molecule has 1 N–H and O–H groups in total. The number of aryl methyl sites for hydroxylation is 1. The molecule has 0 aromatic heterocycles. The van der Waals surface area contributed by atoms with E-state index < -0.39 is 10.0 Å². The van der Waals surface area contributed by atoms with Crippen molar-refractivity contribution < 1.29 is 17.9 Å². The van der Waals surface area contributed by atoms with Crippen molar-refractivity contribution in [3.63, 3.8) is 0 Å². The Labute approximate surface area is 166 Å². The largest absolute Gasteiger partial charge is 0.484 e. The monoisotopic (exact) mass is 403 g/mol. The molecule has 1 saturated heterocycles. The Morgan fingerprint density at radius 2 is 1.79 bits per heavy atom. The number of carbonyl (C=O) groups is 1. The highest BCUT2D eigenvalue weighted by Crippen LogP contribution is 2.27. The van der Waals surface area contributed by atoms with E-state index >= 15 is 0 Å². The lowest BCUT2D eigenvalue weighted by atomic mass is 10.2. The number of hydrogen-bond acceptors (Lipinski definition) is 5. The van der Waals surface area contributed by atoms with Gasteiger partial charge in [0.2, 0.25) is 10.0 Å².